The van der Waals surface area contributed by atoms with E-state index in [0.717, 1.165) is 17.8 Å². The summed E-state index contributed by atoms with van der Waals surface area (Å²) >= 11 is 0. The van der Waals surface area contributed by atoms with Gasteiger partial charge in [-0.15, -0.1) is 0 Å². The van der Waals surface area contributed by atoms with Crippen LogP contribution in [0.2, 0.25) is 0 Å². The Kier molecular flexibility index (Phi) is 4.25. The molecule has 0 unspecified atom stereocenters. The molecule has 0 atom stereocenters. The van der Waals surface area contributed by atoms with Crippen molar-refractivity contribution in [3.8, 4) is 0 Å². The molecular weight excluding hydrogens is 218 g/mol. The third kappa shape index (κ3) is 3.54. The number of aliphatic hydroxyl groups is 1. The van der Waals surface area contributed by atoms with E-state index >= 15 is 0 Å². The Hall–Kier alpha value is -1.40. The third-order valence-corrected chi connectivity index (χ3v) is 2.40. The Bertz CT molecular complexity index is 375. The molecule has 0 amide bonds. The maximum absolute atomic E-state index is 9.81. The van der Waals surface area contributed by atoms with Gasteiger partial charge in [-0.25, -0.2) is 15.8 Å². The van der Waals surface area contributed by atoms with Crippen LogP contribution in [-0.2, 0) is 6.42 Å². The first-order valence-corrected chi connectivity index (χ1v) is 5.63. The number of hydrogen-bond donors (Lipinski definition) is 3. The second-order valence-electron chi connectivity index (χ2n) is 4.69. The van der Waals surface area contributed by atoms with Crippen molar-refractivity contribution in [2.24, 2.45) is 5.84 Å². The third-order valence-electron chi connectivity index (χ3n) is 2.40. The van der Waals surface area contributed by atoms with E-state index < -0.39 is 5.60 Å². The number of rotatable bonds is 5. The molecule has 1 aromatic heterocycles. The van der Waals surface area contributed by atoms with Gasteiger partial charge in [0.05, 0.1) is 5.60 Å². The number of aromatic nitrogens is 2. The van der Waals surface area contributed by atoms with E-state index in [1.54, 1.807) is 13.8 Å². The van der Waals surface area contributed by atoms with Crippen LogP contribution in [0.15, 0.2) is 6.33 Å². The van der Waals surface area contributed by atoms with E-state index in [9.17, 15) is 5.11 Å². The summed E-state index contributed by atoms with van der Waals surface area (Å²) in [6, 6.07) is 0. The highest BCUT2D eigenvalue weighted by molar-refractivity contribution is 5.58. The molecule has 0 fully saturated rings. The highest BCUT2D eigenvalue weighted by atomic mass is 16.3. The largest absolute Gasteiger partial charge is 0.389 e. The summed E-state index contributed by atoms with van der Waals surface area (Å²) in [7, 11) is 1.89. The Morgan fingerprint density at radius 3 is 2.59 bits per heavy atom. The Morgan fingerprint density at radius 2 is 2.12 bits per heavy atom. The second-order valence-corrected chi connectivity index (χ2v) is 4.69. The predicted molar refractivity (Wildman–Crippen MR) is 68.8 cm³/mol. The number of nitrogens with zero attached hydrogens (tertiary/aromatic N) is 3. The Morgan fingerprint density at radius 1 is 1.47 bits per heavy atom. The van der Waals surface area contributed by atoms with Gasteiger partial charge in [0.2, 0.25) is 0 Å². The first-order chi connectivity index (χ1) is 7.89. The minimum atomic E-state index is -0.777. The fourth-order valence-corrected chi connectivity index (χ4v) is 1.84. The van der Waals surface area contributed by atoms with Gasteiger partial charge in [-0.1, -0.05) is 6.92 Å². The molecule has 96 valence electrons. The van der Waals surface area contributed by atoms with Crippen LogP contribution in [0.3, 0.4) is 0 Å². The van der Waals surface area contributed by atoms with Gasteiger partial charge in [0.1, 0.15) is 18.0 Å². The minimum Gasteiger partial charge on any atom is -0.389 e. The summed E-state index contributed by atoms with van der Waals surface area (Å²) in [6.07, 6.45) is 2.23. The Labute approximate surface area is 102 Å². The molecule has 0 aliphatic carbocycles. The van der Waals surface area contributed by atoms with Crippen LogP contribution in [0.1, 0.15) is 26.3 Å². The standard InChI is InChI=1S/C11H21N5O/c1-5-8-9(15-12)13-7-14-10(8)16(4)6-11(2,3)17/h7,17H,5-6,12H2,1-4H3,(H,13,14,15). The van der Waals surface area contributed by atoms with E-state index in [4.69, 9.17) is 5.84 Å². The average molecular weight is 239 g/mol. The van der Waals surface area contributed by atoms with Crippen molar-refractivity contribution in [3.63, 3.8) is 0 Å². The van der Waals surface area contributed by atoms with E-state index in [0.29, 0.717) is 12.4 Å². The van der Waals surface area contributed by atoms with Crippen LogP contribution in [-0.4, -0.2) is 34.3 Å². The molecule has 1 aromatic rings. The normalized spacial score (nSPS) is 11.4. The maximum atomic E-state index is 9.81. The zero-order chi connectivity index (χ0) is 13.1. The van der Waals surface area contributed by atoms with Crippen LogP contribution in [0.5, 0.6) is 0 Å². The van der Waals surface area contributed by atoms with Gasteiger partial charge in [-0.05, 0) is 20.3 Å². The molecule has 0 saturated heterocycles. The topological polar surface area (TPSA) is 87.3 Å². The fraction of sp³-hybridized carbons (Fsp3) is 0.636. The van der Waals surface area contributed by atoms with Gasteiger partial charge in [-0.3, -0.25) is 0 Å². The number of nitrogens with one attached hydrogen (secondary N) is 1. The van der Waals surface area contributed by atoms with Crippen molar-refractivity contribution in [1.82, 2.24) is 9.97 Å². The number of likely N-dealkylation sites (N-methyl/N-ethyl adjacent to an activating group) is 1. The number of anilines is 2. The molecule has 6 heteroatoms. The van der Waals surface area contributed by atoms with Gasteiger partial charge < -0.3 is 15.4 Å². The molecule has 6 nitrogen and oxygen atoms in total. The van der Waals surface area contributed by atoms with Crippen LogP contribution in [0, 0.1) is 0 Å². The van der Waals surface area contributed by atoms with Crippen molar-refractivity contribution in [2.75, 3.05) is 23.9 Å². The number of nitrogen functional groups attached to an aromatic ring is 1. The molecule has 0 aliphatic heterocycles. The van der Waals surface area contributed by atoms with Crippen molar-refractivity contribution < 1.29 is 5.11 Å². The lowest BCUT2D eigenvalue weighted by molar-refractivity contribution is 0.0884. The molecule has 0 aromatic carbocycles. The highest BCUT2D eigenvalue weighted by Crippen LogP contribution is 2.23. The van der Waals surface area contributed by atoms with Crippen LogP contribution in [0.4, 0.5) is 11.6 Å². The summed E-state index contributed by atoms with van der Waals surface area (Å²) in [5.41, 5.74) is 2.73. The maximum Gasteiger partial charge on any atom is 0.148 e. The summed E-state index contributed by atoms with van der Waals surface area (Å²) in [4.78, 5) is 10.2. The van der Waals surface area contributed by atoms with E-state index in [-0.39, 0.29) is 0 Å². The van der Waals surface area contributed by atoms with Gasteiger partial charge in [0.15, 0.2) is 0 Å². The van der Waals surface area contributed by atoms with Crippen LogP contribution >= 0.6 is 0 Å². The predicted octanol–water partition coefficient (Wildman–Crippen LogP) is 0.532. The molecular formula is C11H21N5O. The van der Waals surface area contributed by atoms with Crippen molar-refractivity contribution in [1.29, 1.82) is 0 Å². The van der Waals surface area contributed by atoms with E-state index in [1.807, 2.05) is 18.9 Å². The quantitative estimate of drug-likeness (QED) is 0.513. The SMILES string of the molecule is CCc1c(NN)ncnc1N(C)CC(C)(C)O. The van der Waals surface area contributed by atoms with Gasteiger partial charge in [0.25, 0.3) is 0 Å². The molecule has 0 aliphatic rings. The summed E-state index contributed by atoms with van der Waals surface area (Å²) < 4.78 is 0. The first kappa shape index (κ1) is 13.7. The molecule has 0 spiro atoms. The zero-order valence-electron chi connectivity index (χ0n) is 10.9. The summed E-state index contributed by atoms with van der Waals surface area (Å²) in [5, 5.41) is 9.81. The lowest BCUT2D eigenvalue weighted by Gasteiger charge is -2.28. The number of hydrogen-bond acceptors (Lipinski definition) is 6. The van der Waals surface area contributed by atoms with Crippen LogP contribution in [0.25, 0.3) is 0 Å². The molecule has 1 heterocycles. The average Bonchev–Trinajstić information content (AvgIpc) is 2.25. The number of nitrogens with two attached hydrogens (primary N) is 1. The van der Waals surface area contributed by atoms with Crippen LogP contribution < -0.4 is 16.2 Å². The Balaban J connectivity index is 3.04. The van der Waals surface area contributed by atoms with Crippen molar-refractivity contribution in [2.45, 2.75) is 32.8 Å². The highest BCUT2D eigenvalue weighted by Gasteiger charge is 2.19. The minimum absolute atomic E-state index is 0.487. The molecule has 0 radical (unpaired) electrons. The van der Waals surface area contributed by atoms with E-state index in [2.05, 4.69) is 15.4 Å². The molecule has 4 N–H and O–H groups in total. The van der Waals surface area contributed by atoms with Crippen molar-refractivity contribution in [3.05, 3.63) is 11.9 Å². The molecule has 0 saturated carbocycles. The van der Waals surface area contributed by atoms with Gasteiger partial charge in [-0.2, -0.15) is 0 Å². The lowest BCUT2D eigenvalue weighted by Crippen LogP contribution is -2.37. The smallest absolute Gasteiger partial charge is 0.148 e. The molecule has 0 bridgehead atoms. The fourth-order valence-electron chi connectivity index (χ4n) is 1.84. The van der Waals surface area contributed by atoms with E-state index in [1.165, 1.54) is 6.33 Å². The lowest BCUT2D eigenvalue weighted by atomic mass is 10.1. The molecule has 1 rings (SSSR count). The zero-order valence-corrected chi connectivity index (χ0v) is 10.9. The number of hydrazine groups is 1. The van der Waals surface area contributed by atoms with Crippen molar-refractivity contribution >= 4 is 11.6 Å². The van der Waals surface area contributed by atoms with Gasteiger partial charge >= 0.3 is 0 Å². The summed E-state index contributed by atoms with van der Waals surface area (Å²) in [5.74, 6) is 6.83. The van der Waals surface area contributed by atoms with Gasteiger partial charge in [0, 0.05) is 19.2 Å². The second kappa shape index (κ2) is 5.29. The monoisotopic (exact) mass is 239 g/mol. The molecule has 17 heavy (non-hydrogen) atoms. The summed E-state index contributed by atoms with van der Waals surface area (Å²) in [6.45, 7) is 6.03. The first-order valence-electron chi connectivity index (χ1n) is 5.63.